The quantitative estimate of drug-likeness (QED) is 0.825. The SMILES string of the molecule is C[C@]1(O)CC[C@H](Cc2ccccc2)[C@@](C)(O)C1. The summed E-state index contributed by atoms with van der Waals surface area (Å²) in [6, 6.07) is 10.3. The number of rotatable bonds is 2. The maximum atomic E-state index is 10.5. The molecular weight excluding hydrogens is 212 g/mol. The number of benzene rings is 1. The molecule has 2 N–H and O–H groups in total. The molecule has 1 aliphatic carbocycles. The Morgan fingerprint density at radius 3 is 2.41 bits per heavy atom. The molecule has 0 radical (unpaired) electrons. The van der Waals surface area contributed by atoms with Gasteiger partial charge in [0.05, 0.1) is 11.2 Å². The van der Waals surface area contributed by atoms with Gasteiger partial charge < -0.3 is 10.2 Å². The summed E-state index contributed by atoms with van der Waals surface area (Å²) in [7, 11) is 0. The van der Waals surface area contributed by atoms with Gasteiger partial charge in [0.15, 0.2) is 0 Å². The normalized spacial score (nSPS) is 38.0. The molecule has 2 nitrogen and oxygen atoms in total. The van der Waals surface area contributed by atoms with E-state index in [2.05, 4.69) is 12.1 Å². The first-order valence-corrected chi connectivity index (χ1v) is 6.38. The smallest absolute Gasteiger partial charge is 0.0678 e. The molecule has 1 fully saturated rings. The Balaban J connectivity index is 2.07. The van der Waals surface area contributed by atoms with E-state index in [1.54, 1.807) is 0 Å². The monoisotopic (exact) mass is 234 g/mol. The summed E-state index contributed by atoms with van der Waals surface area (Å²) in [4.78, 5) is 0. The zero-order chi connectivity index (χ0) is 12.5. The van der Waals surface area contributed by atoms with E-state index in [1.165, 1.54) is 5.56 Å². The van der Waals surface area contributed by atoms with Crippen molar-refractivity contribution in [1.29, 1.82) is 0 Å². The van der Waals surface area contributed by atoms with Gasteiger partial charge in [0.2, 0.25) is 0 Å². The van der Waals surface area contributed by atoms with Crippen molar-refractivity contribution in [3.8, 4) is 0 Å². The molecule has 0 unspecified atom stereocenters. The van der Waals surface area contributed by atoms with Crippen molar-refractivity contribution in [2.24, 2.45) is 5.92 Å². The van der Waals surface area contributed by atoms with Crippen LogP contribution in [0, 0.1) is 5.92 Å². The molecule has 1 aromatic carbocycles. The first-order chi connectivity index (χ1) is 7.89. The van der Waals surface area contributed by atoms with Gasteiger partial charge in [0, 0.05) is 6.42 Å². The van der Waals surface area contributed by atoms with Gasteiger partial charge in [-0.15, -0.1) is 0 Å². The van der Waals surface area contributed by atoms with Crippen LogP contribution in [0.15, 0.2) is 30.3 Å². The second-order valence-corrected chi connectivity index (χ2v) is 5.96. The van der Waals surface area contributed by atoms with Crippen molar-refractivity contribution in [3.63, 3.8) is 0 Å². The van der Waals surface area contributed by atoms with E-state index in [4.69, 9.17) is 0 Å². The molecule has 0 aromatic heterocycles. The summed E-state index contributed by atoms with van der Waals surface area (Å²) in [5.41, 5.74) is -0.215. The molecule has 0 aliphatic heterocycles. The minimum absolute atomic E-state index is 0.241. The summed E-state index contributed by atoms with van der Waals surface area (Å²) in [5, 5.41) is 20.5. The largest absolute Gasteiger partial charge is 0.390 e. The first kappa shape index (κ1) is 12.6. The molecule has 2 rings (SSSR count). The van der Waals surface area contributed by atoms with E-state index in [0.717, 1.165) is 19.3 Å². The van der Waals surface area contributed by atoms with Gasteiger partial charge in [-0.1, -0.05) is 30.3 Å². The molecule has 0 heterocycles. The van der Waals surface area contributed by atoms with Gasteiger partial charge in [-0.25, -0.2) is 0 Å². The summed E-state index contributed by atoms with van der Waals surface area (Å²) in [6.45, 7) is 3.68. The number of hydrogen-bond donors (Lipinski definition) is 2. The summed E-state index contributed by atoms with van der Waals surface area (Å²) < 4.78 is 0. The maximum absolute atomic E-state index is 10.5. The molecule has 0 spiro atoms. The summed E-state index contributed by atoms with van der Waals surface area (Å²) >= 11 is 0. The van der Waals surface area contributed by atoms with Gasteiger partial charge in [-0.2, -0.15) is 0 Å². The van der Waals surface area contributed by atoms with E-state index in [-0.39, 0.29) is 5.92 Å². The second kappa shape index (κ2) is 4.43. The highest BCUT2D eigenvalue weighted by molar-refractivity contribution is 5.16. The van der Waals surface area contributed by atoms with Crippen LogP contribution in [0.5, 0.6) is 0 Å². The van der Waals surface area contributed by atoms with Crippen molar-refractivity contribution in [2.45, 2.75) is 50.7 Å². The van der Waals surface area contributed by atoms with Crippen LogP contribution in [0.25, 0.3) is 0 Å². The zero-order valence-electron chi connectivity index (χ0n) is 10.7. The van der Waals surface area contributed by atoms with E-state index in [0.29, 0.717) is 6.42 Å². The number of hydrogen-bond acceptors (Lipinski definition) is 2. The van der Waals surface area contributed by atoms with Gasteiger partial charge in [-0.05, 0) is 44.6 Å². The standard InChI is InChI=1S/C15H22O2/c1-14(16)9-8-13(15(2,17)11-14)10-12-6-4-3-5-7-12/h3-7,13,16-17H,8-11H2,1-2H3/t13-,14+,15+/m1/s1. The van der Waals surface area contributed by atoms with Gasteiger partial charge in [-0.3, -0.25) is 0 Å². The zero-order valence-corrected chi connectivity index (χ0v) is 10.7. The van der Waals surface area contributed by atoms with Crippen LogP contribution in [0.4, 0.5) is 0 Å². The third kappa shape index (κ3) is 3.08. The van der Waals surface area contributed by atoms with E-state index in [9.17, 15) is 10.2 Å². The van der Waals surface area contributed by atoms with Gasteiger partial charge in [0.1, 0.15) is 0 Å². The molecule has 2 heteroatoms. The lowest BCUT2D eigenvalue weighted by atomic mass is 9.68. The van der Waals surface area contributed by atoms with Crippen LogP contribution < -0.4 is 0 Å². The molecule has 1 saturated carbocycles. The summed E-state index contributed by atoms with van der Waals surface area (Å²) in [6.07, 6.45) is 3.02. The summed E-state index contributed by atoms with van der Waals surface area (Å²) in [5.74, 6) is 0.241. The number of aliphatic hydroxyl groups is 2. The van der Waals surface area contributed by atoms with E-state index < -0.39 is 11.2 Å². The van der Waals surface area contributed by atoms with E-state index in [1.807, 2.05) is 32.0 Å². The van der Waals surface area contributed by atoms with Crippen molar-refractivity contribution >= 4 is 0 Å². The molecule has 3 atom stereocenters. The highest BCUT2D eigenvalue weighted by atomic mass is 16.3. The van der Waals surface area contributed by atoms with Gasteiger partial charge in [0.25, 0.3) is 0 Å². The molecule has 0 saturated heterocycles. The average Bonchev–Trinajstić information content (AvgIpc) is 2.22. The van der Waals surface area contributed by atoms with Crippen LogP contribution in [0.2, 0.25) is 0 Å². The third-order valence-electron chi connectivity index (χ3n) is 3.97. The van der Waals surface area contributed by atoms with Crippen LogP contribution in [0.3, 0.4) is 0 Å². The Morgan fingerprint density at radius 1 is 1.18 bits per heavy atom. The molecule has 1 aliphatic rings. The minimum Gasteiger partial charge on any atom is -0.390 e. The molecule has 0 bridgehead atoms. The topological polar surface area (TPSA) is 40.5 Å². The predicted molar refractivity (Wildman–Crippen MR) is 68.7 cm³/mol. The van der Waals surface area contributed by atoms with Crippen LogP contribution in [-0.4, -0.2) is 21.4 Å². The van der Waals surface area contributed by atoms with E-state index >= 15 is 0 Å². The lowest BCUT2D eigenvalue weighted by Gasteiger charge is -2.44. The molecule has 17 heavy (non-hydrogen) atoms. The Labute approximate surface area is 103 Å². The molecule has 0 amide bonds. The fraction of sp³-hybridized carbons (Fsp3) is 0.600. The maximum Gasteiger partial charge on any atom is 0.0678 e. The Kier molecular flexibility index (Phi) is 3.28. The lowest BCUT2D eigenvalue weighted by Crippen LogP contribution is -2.48. The third-order valence-corrected chi connectivity index (χ3v) is 3.97. The van der Waals surface area contributed by atoms with Gasteiger partial charge >= 0.3 is 0 Å². The highest BCUT2D eigenvalue weighted by Gasteiger charge is 2.43. The predicted octanol–water partition coefficient (Wildman–Crippen LogP) is 2.53. The minimum atomic E-state index is -0.766. The van der Waals surface area contributed by atoms with Crippen molar-refractivity contribution < 1.29 is 10.2 Å². The Morgan fingerprint density at radius 2 is 1.82 bits per heavy atom. The first-order valence-electron chi connectivity index (χ1n) is 6.38. The molecule has 1 aromatic rings. The van der Waals surface area contributed by atoms with Crippen molar-refractivity contribution in [2.75, 3.05) is 0 Å². The lowest BCUT2D eigenvalue weighted by molar-refractivity contribution is -0.115. The average molecular weight is 234 g/mol. The molecular formula is C15H22O2. The van der Waals surface area contributed by atoms with Crippen LogP contribution in [-0.2, 0) is 6.42 Å². The Hall–Kier alpha value is -0.860. The second-order valence-electron chi connectivity index (χ2n) is 5.96. The Bertz CT molecular complexity index is 368. The van der Waals surface area contributed by atoms with Crippen LogP contribution >= 0.6 is 0 Å². The highest BCUT2D eigenvalue weighted by Crippen LogP contribution is 2.40. The van der Waals surface area contributed by atoms with Crippen molar-refractivity contribution in [3.05, 3.63) is 35.9 Å². The fourth-order valence-corrected chi connectivity index (χ4v) is 3.02. The fourth-order valence-electron chi connectivity index (χ4n) is 3.02. The van der Waals surface area contributed by atoms with Crippen LogP contribution in [0.1, 0.15) is 38.7 Å². The van der Waals surface area contributed by atoms with Crippen molar-refractivity contribution in [1.82, 2.24) is 0 Å². The molecule has 94 valence electrons.